The number of rotatable bonds is 5. The molecule has 9 heteroatoms. The predicted octanol–water partition coefficient (Wildman–Crippen LogP) is 2.99. The summed E-state index contributed by atoms with van der Waals surface area (Å²) in [6.45, 7) is 1.30. The lowest BCUT2D eigenvalue weighted by Gasteiger charge is -2.20. The molecule has 1 N–H and O–H groups in total. The maximum atomic E-state index is 13.1. The van der Waals surface area contributed by atoms with Crippen LogP contribution in [0, 0.1) is 0 Å². The number of carbonyl (C=O) groups is 4. The van der Waals surface area contributed by atoms with E-state index in [9.17, 15) is 24.0 Å². The number of nitrogens with zero attached hydrogens (tertiary/aromatic N) is 2. The van der Waals surface area contributed by atoms with Gasteiger partial charge in [-0.2, -0.15) is 5.10 Å². The molecule has 3 aromatic carbocycles. The number of nitrogens with one attached hydrogen (secondary N) is 1. The van der Waals surface area contributed by atoms with Crippen molar-refractivity contribution in [3.63, 3.8) is 0 Å². The van der Waals surface area contributed by atoms with Crippen LogP contribution >= 0.6 is 0 Å². The van der Waals surface area contributed by atoms with Crippen LogP contribution in [0.1, 0.15) is 49.3 Å². The van der Waals surface area contributed by atoms with Crippen molar-refractivity contribution < 1.29 is 23.9 Å². The van der Waals surface area contributed by atoms with Crippen molar-refractivity contribution in [2.45, 2.75) is 13.5 Å². The summed E-state index contributed by atoms with van der Waals surface area (Å²) in [6, 6.07) is 17.6. The van der Waals surface area contributed by atoms with Crippen LogP contribution in [0.2, 0.25) is 0 Å². The van der Waals surface area contributed by atoms with Crippen LogP contribution in [0.15, 0.2) is 71.5 Å². The lowest BCUT2D eigenvalue weighted by atomic mass is 9.83. The summed E-state index contributed by atoms with van der Waals surface area (Å²) in [5.41, 5.74) is 0.554. The van der Waals surface area contributed by atoms with Gasteiger partial charge in [0, 0.05) is 28.6 Å². The summed E-state index contributed by atoms with van der Waals surface area (Å²) in [4.78, 5) is 63.9. The number of amides is 1. The number of hydrogen-bond acceptors (Lipinski definition) is 7. The normalized spacial score (nSPS) is 12.1. The second-order valence-corrected chi connectivity index (χ2v) is 8.07. The Morgan fingerprint density at radius 1 is 0.833 bits per heavy atom. The zero-order valence-corrected chi connectivity index (χ0v) is 19.1. The summed E-state index contributed by atoms with van der Waals surface area (Å²) < 4.78 is 6.33. The molecule has 1 amide bonds. The Morgan fingerprint density at radius 3 is 2.19 bits per heavy atom. The highest BCUT2D eigenvalue weighted by atomic mass is 16.5. The molecule has 0 unspecified atom stereocenters. The molecule has 0 aliphatic heterocycles. The van der Waals surface area contributed by atoms with Crippen LogP contribution in [0.3, 0.4) is 0 Å². The van der Waals surface area contributed by atoms with Crippen molar-refractivity contribution >= 4 is 39.9 Å². The first kappa shape index (κ1) is 22.9. The molecular formula is C27H19N3O6. The Hall–Kier alpha value is -4.92. The van der Waals surface area contributed by atoms with Gasteiger partial charge in [0.25, 0.3) is 11.5 Å². The van der Waals surface area contributed by atoms with E-state index in [1.807, 2.05) is 0 Å². The highest BCUT2D eigenvalue weighted by Gasteiger charge is 2.31. The van der Waals surface area contributed by atoms with Gasteiger partial charge >= 0.3 is 5.97 Å². The zero-order valence-electron chi connectivity index (χ0n) is 19.1. The van der Waals surface area contributed by atoms with Gasteiger partial charge in [0.1, 0.15) is 0 Å². The monoisotopic (exact) mass is 481 g/mol. The third kappa shape index (κ3) is 3.76. The van der Waals surface area contributed by atoms with Crippen LogP contribution in [0.25, 0.3) is 10.8 Å². The predicted molar refractivity (Wildman–Crippen MR) is 130 cm³/mol. The van der Waals surface area contributed by atoms with Crippen molar-refractivity contribution in [1.82, 2.24) is 9.78 Å². The van der Waals surface area contributed by atoms with Crippen molar-refractivity contribution in [1.29, 1.82) is 0 Å². The molecule has 0 fully saturated rings. The van der Waals surface area contributed by atoms with E-state index in [0.717, 1.165) is 4.68 Å². The van der Waals surface area contributed by atoms with E-state index < -0.39 is 18.5 Å². The number of fused-ring (bicyclic) bond motifs is 3. The number of anilines is 1. The maximum absolute atomic E-state index is 13.1. The molecule has 0 saturated heterocycles. The van der Waals surface area contributed by atoms with E-state index in [1.54, 1.807) is 61.5 Å². The number of hydrogen-bond donors (Lipinski definition) is 1. The van der Waals surface area contributed by atoms with Crippen LogP contribution in [0.4, 0.5) is 5.69 Å². The van der Waals surface area contributed by atoms with Gasteiger partial charge in [0.05, 0.1) is 16.6 Å². The summed E-state index contributed by atoms with van der Waals surface area (Å²) in [5.74, 6) is -2.28. The molecule has 4 aromatic rings. The minimum absolute atomic E-state index is 0.0866. The average molecular weight is 481 g/mol. The van der Waals surface area contributed by atoms with Crippen molar-refractivity contribution in [2.75, 3.05) is 11.9 Å². The highest BCUT2D eigenvalue weighted by molar-refractivity contribution is 6.30. The molecular weight excluding hydrogens is 462 g/mol. The summed E-state index contributed by atoms with van der Waals surface area (Å²) in [7, 11) is 0. The molecule has 178 valence electrons. The van der Waals surface area contributed by atoms with E-state index in [4.69, 9.17) is 4.74 Å². The number of benzene rings is 3. The van der Waals surface area contributed by atoms with Gasteiger partial charge in [-0.05, 0) is 19.1 Å². The van der Waals surface area contributed by atoms with Gasteiger partial charge in [0.2, 0.25) is 0 Å². The maximum Gasteiger partial charge on any atom is 0.359 e. The van der Waals surface area contributed by atoms with Crippen LogP contribution in [-0.4, -0.2) is 39.8 Å². The SMILES string of the molecule is CCn1nc(C(=O)OCC(=O)Nc2cccc3c2C(=O)c2ccccc2C3=O)c2ccccc2c1=O. The molecule has 0 spiro atoms. The standard InChI is InChI=1S/C27H19N3O6/c1-2-30-26(34)18-11-6-3-8-15(18)23(29-30)27(35)36-14-21(31)28-20-13-7-12-19-22(20)25(33)17-10-5-4-9-16(17)24(19)32/h3-13H,2,14H2,1H3,(H,28,31). The fourth-order valence-electron chi connectivity index (χ4n) is 4.24. The first-order valence-corrected chi connectivity index (χ1v) is 11.2. The largest absolute Gasteiger partial charge is 0.451 e. The Labute approximate surface area is 204 Å². The Kier molecular flexibility index (Phi) is 5.73. The van der Waals surface area contributed by atoms with Crippen molar-refractivity contribution in [3.05, 3.63) is 105 Å². The molecule has 36 heavy (non-hydrogen) atoms. The fraction of sp³-hybridized carbons (Fsp3) is 0.111. The second-order valence-electron chi connectivity index (χ2n) is 8.07. The van der Waals surface area contributed by atoms with Gasteiger partial charge in [0.15, 0.2) is 23.9 Å². The van der Waals surface area contributed by atoms with Crippen LogP contribution in [-0.2, 0) is 16.1 Å². The third-order valence-electron chi connectivity index (χ3n) is 5.92. The number of esters is 1. The number of ether oxygens (including phenoxy) is 1. The average Bonchev–Trinajstić information content (AvgIpc) is 2.90. The van der Waals surface area contributed by atoms with Crippen molar-refractivity contribution in [3.8, 4) is 0 Å². The van der Waals surface area contributed by atoms with Crippen LogP contribution in [0.5, 0.6) is 0 Å². The third-order valence-corrected chi connectivity index (χ3v) is 5.92. The van der Waals surface area contributed by atoms with Crippen molar-refractivity contribution in [2.24, 2.45) is 0 Å². The molecule has 9 nitrogen and oxygen atoms in total. The van der Waals surface area contributed by atoms with Gasteiger partial charge < -0.3 is 10.1 Å². The molecule has 1 aromatic heterocycles. The smallest absolute Gasteiger partial charge is 0.359 e. The number of ketones is 2. The molecule has 1 aliphatic carbocycles. The van der Waals surface area contributed by atoms with E-state index in [-0.39, 0.29) is 51.7 Å². The van der Waals surface area contributed by atoms with Gasteiger partial charge in [-0.3, -0.25) is 19.2 Å². The Balaban J connectivity index is 1.37. The summed E-state index contributed by atoms with van der Waals surface area (Å²) >= 11 is 0. The molecule has 0 bridgehead atoms. The van der Waals surface area contributed by atoms with Gasteiger partial charge in [-0.1, -0.05) is 54.6 Å². The van der Waals surface area contributed by atoms with E-state index in [1.165, 1.54) is 12.1 Å². The quantitative estimate of drug-likeness (QED) is 0.383. The van der Waals surface area contributed by atoms with Gasteiger partial charge in [-0.15, -0.1) is 0 Å². The Bertz CT molecular complexity index is 1650. The molecule has 5 rings (SSSR count). The van der Waals surface area contributed by atoms with E-state index in [2.05, 4.69) is 10.4 Å². The minimum Gasteiger partial charge on any atom is -0.451 e. The molecule has 1 heterocycles. The number of aryl methyl sites for hydroxylation is 1. The first-order chi connectivity index (χ1) is 17.4. The molecule has 0 atom stereocenters. The minimum atomic E-state index is -0.876. The number of carbonyl (C=O) groups excluding carboxylic acids is 4. The lowest BCUT2D eigenvalue weighted by molar-refractivity contribution is -0.119. The molecule has 0 saturated carbocycles. The first-order valence-electron chi connectivity index (χ1n) is 11.2. The van der Waals surface area contributed by atoms with E-state index >= 15 is 0 Å². The summed E-state index contributed by atoms with van der Waals surface area (Å²) in [5, 5.41) is 7.28. The molecule has 1 aliphatic rings. The summed E-state index contributed by atoms with van der Waals surface area (Å²) in [6.07, 6.45) is 0. The van der Waals surface area contributed by atoms with E-state index in [0.29, 0.717) is 16.3 Å². The molecule has 0 radical (unpaired) electrons. The number of aromatic nitrogens is 2. The second kappa shape index (κ2) is 9.03. The van der Waals surface area contributed by atoms with Gasteiger partial charge in [-0.25, -0.2) is 9.48 Å². The zero-order chi connectivity index (χ0) is 25.4. The lowest BCUT2D eigenvalue weighted by Crippen LogP contribution is -2.28. The van der Waals surface area contributed by atoms with Crippen LogP contribution < -0.4 is 10.9 Å². The topological polar surface area (TPSA) is 124 Å². The Morgan fingerprint density at radius 2 is 1.47 bits per heavy atom. The fourth-order valence-corrected chi connectivity index (χ4v) is 4.24. The highest BCUT2D eigenvalue weighted by Crippen LogP contribution is 2.31.